The summed E-state index contributed by atoms with van der Waals surface area (Å²) in [5, 5.41) is 0. The van der Waals surface area contributed by atoms with Crippen LogP contribution in [0.3, 0.4) is 0 Å². The maximum absolute atomic E-state index is 13.3. The van der Waals surface area contributed by atoms with Gasteiger partial charge in [0.1, 0.15) is 5.78 Å². The van der Waals surface area contributed by atoms with Crippen molar-refractivity contribution in [1.82, 2.24) is 0 Å². The molecule has 26 heavy (non-hydrogen) atoms. The van der Waals surface area contributed by atoms with Gasteiger partial charge in [0, 0.05) is 34.8 Å². The van der Waals surface area contributed by atoms with E-state index in [1.165, 1.54) is 0 Å². The van der Waals surface area contributed by atoms with Gasteiger partial charge < -0.3 is 0 Å². The predicted molar refractivity (Wildman–Crippen MR) is 101 cm³/mol. The fraction of sp³-hybridized carbons (Fsp3) is 0.261. The van der Waals surface area contributed by atoms with Crippen LogP contribution in [-0.4, -0.2) is 17.3 Å². The third kappa shape index (κ3) is 2.03. The molecule has 2 aromatic carbocycles. The zero-order valence-electron chi connectivity index (χ0n) is 14.7. The lowest BCUT2D eigenvalue weighted by Gasteiger charge is -2.35. The first-order chi connectivity index (χ1) is 12.7. The first kappa shape index (κ1) is 15.4. The van der Waals surface area contributed by atoms with E-state index >= 15 is 0 Å². The van der Waals surface area contributed by atoms with Crippen molar-refractivity contribution in [3.63, 3.8) is 0 Å². The lowest BCUT2D eigenvalue weighted by molar-refractivity contribution is -0.121. The van der Waals surface area contributed by atoms with Crippen LogP contribution in [0.2, 0.25) is 0 Å². The summed E-state index contributed by atoms with van der Waals surface area (Å²) < 4.78 is 0. The molecule has 0 spiro atoms. The minimum atomic E-state index is -0.290. The molecule has 0 bridgehead atoms. The molecule has 0 saturated heterocycles. The van der Waals surface area contributed by atoms with Crippen molar-refractivity contribution in [3.8, 4) is 0 Å². The number of carbonyl (C=O) groups is 2. The topological polar surface area (TPSA) is 46.5 Å². The highest BCUT2D eigenvalue weighted by atomic mass is 16.1. The molecule has 3 nitrogen and oxygen atoms in total. The van der Waals surface area contributed by atoms with Crippen molar-refractivity contribution >= 4 is 23.0 Å². The van der Waals surface area contributed by atoms with Crippen molar-refractivity contribution in [2.45, 2.75) is 32.1 Å². The second-order valence-corrected chi connectivity index (χ2v) is 7.37. The molecule has 0 radical (unpaired) electrons. The summed E-state index contributed by atoms with van der Waals surface area (Å²) in [5.41, 5.74) is 6.28. The van der Waals surface area contributed by atoms with E-state index in [1.807, 2.05) is 36.4 Å². The Morgan fingerprint density at radius 3 is 2.42 bits per heavy atom. The number of ketones is 2. The lowest BCUT2D eigenvalue weighted by atomic mass is 9.68. The molecule has 0 unspecified atom stereocenters. The van der Waals surface area contributed by atoms with Crippen LogP contribution < -0.4 is 0 Å². The smallest absolute Gasteiger partial charge is 0.192 e. The molecule has 0 aromatic heterocycles. The zero-order chi connectivity index (χ0) is 17.8. The van der Waals surface area contributed by atoms with Crippen molar-refractivity contribution in [2.75, 3.05) is 0 Å². The fourth-order valence-corrected chi connectivity index (χ4v) is 4.72. The Morgan fingerprint density at radius 1 is 0.885 bits per heavy atom. The third-order valence-corrected chi connectivity index (χ3v) is 5.91. The number of carbonyl (C=O) groups excluding carboxylic acids is 2. The highest BCUT2D eigenvalue weighted by molar-refractivity contribution is 6.25. The van der Waals surface area contributed by atoms with Crippen LogP contribution in [0.5, 0.6) is 0 Å². The first-order valence-electron chi connectivity index (χ1n) is 9.21. The number of allylic oxidation sites excluding steroid dienone is 1. The normalized spacial score (nSPS) is 24.1. The van der Waals surface area contributed by atoms with Crippen LogP contribution in [0.25, 0.3) is 5.70 Å². The van der Waals surface area contributed by atoms with Crippen molar-refractivity contribution in [1.29, 1.82) is 0 Å². The molecule has 3 heteroatoms. The van der Waals surface area contributed by atoms with Crippen LogP contribution in [-0.2, 0) is 4.79 Å². The highest BCUT2D eigenvalue weighted by Crippen LogP contribution is 2.50. The molecule has 3 aliphatic rings. The predicted octanol–water partition coefficient (Wildman–Crippen LogP) is 4.51. The van der Waals surface area contributed by atoms with Gasteiger partial charge >= 0.3 is 0 Å². The number of aryl methyl sites for hydroxylation is 1. The van der Waals surface area contributed by atoms with Crippen molar-refractivity contribution in [3.05, 3.63) is 76.4 Å². The van der Waals surface area contributed by atoms with E-state index in [1.54, 1.807) is 0 Å². The van der Waals surface area contributed by atoms with Gasteiger partial charge in [-0.15, -0.1) is 0 Å². The molecule has 5 rings (SSSR count). The number of aliphatic imine (C=N–C) groups is 1. The zero-order valence-corrected chi connectivity index (χ0v) is 14.7. The average Bonchev–Trinajstić information content (AvgIpc) is 2.94. The van der Waals surface area contributed by atoms with Gasteiger partial charge in [-0.25, -0.2) is 0 Å². The number of rotatable bonds is 1. The summed E-state index contributed by atoms with van der Waals surface area (Å²) in [7, 11) is 0. The number of hydrogen-bond acceptors (Lipinski definition) is 3. The van der Waals surface area contributed by atoms with Gasteiger partial charge in [-0.05, 0) is 30.9 Å². The molecular formula is C23H19NO2. The Morgan fingerprint density at radius 2 is 1.62 bits per heavy atom. The summed E-state index contributed by atoms with van der Waals surface area (Å²) in [6.07, 6.45) is 2.27. The molecule has 1 aliphatic heterocycles. The minimum absolute atomic E-state index is 0.0324. The Balaban J connectivity index is 1.79. The first-order valence-corrected chi connectivity index (χ1v) is 9.21. The van der Waals surface area contributed by atoms with E-state index in [9.17, 15) is 9.59 Å². The molecule has 0 amide bonds. The van der Waals surface area contributed by atoms with Crippen LogP contribution in [0, 0.1) is 12.8 Å². The van der Waals surface area contributed by atoms with E-state index in [4.69, 9.17) is 4.99 Å². The van der Waals surface area contributed by atoms with Crippen LogP contribution in [0.4, 0.5) is 0 Å². The molecule has 1 fully saturated rings. The maximum atomic E-state index is 13.3. The van der Waals surface area contributed by atoms with Gasteiger partial charge in [0.2, 0.25) is 0 Å². The number of nitrogens with zero attached hydrogens (tertiary/aromatic N) is 1. The van der Waals surface area contributed by atoms with Gasteiger partial charge in [-0.2, -0.15) is 0 Å². The Labute approximate surface area is 152 Å². The van der Waals surface area contributed by atoms with Gasteiger partial charge in [-0.1, -0.05) is 48.5 Å². The Hall–Kier alpha value is -2.81. The second kappa shape index (κ2) is 5.60. The quantitative estimate of drug-likeness (QED) is 0.766. The summed E-state index contributed by atoms with van der Waals surface area (Å²) in [6.45, 7) is 2.06. The molecule has 1 heterocycles. The number of benzene rings is 2. The molecule has 0 N–H and O–H groups in total. The summed E-state index contributed by atoms with van der Waals surface area (Å²) >= 11 is 0. The molecule has 1 saturated carbocycles. The highest BCUT2D eigenvalue weighted by Gasteiger charge is 2.47. The van der Waals surface area contributed by atoms with E-state index in [0.29, 0.717) is 17.6 Å². The van der Waals surface area contributed by atoms with Gasteiger partial charge in [0.15, 0.2) is 5.78 Å². The SMILES string of the molecule is Cc1ccccc1[C@@H]1C2=C(N=C3CCCC(=O)[C@@H]31)c1ccccc1C2=O. The van der Waals surface area contributed by atoms with E-state index in [-0.39, 0.29) is 23.4 Å². The maximum Gasteiger partial charge on any atom is 0.192 e. The van der Waals surface area contributed by atoms with Crippen LogP contribution in [0.15, 0.2) is 59.1 Å². The third-order valence-electron chi connectivity index (χ3n) is 5.91. The molecule has 2 aromatic rings. The molecule has 2 atom stereocenters. The van der Waals surface area contributed by atoms with Crippen molar-refractivity contribution in [2.24, 2.45) is 10.9 Å². The number of Topliss-reactive ketones (excluding diaryl/α,β-unsaturated/α-hetero) is 2. The second-order valence-electron chi connectivity index (χ2n) is 7.37. The Kier molecular flexibility index (Phi) is 3.33. The van der Waals surface area contributed by atoms with Gasteiger partial charge in [0.05, 0.1) is 11.6 Å². The molecular weight excluding hydrogens is 322 g/mol. The van der Waals surface area contributed by atoms with E-state index < -0.39 is 0 Å². The fourth-order valence-electron chi connectivity index (χ4n) is 4.72. The van der Waals surface area contributed by atoms with Crippen LogP contribution >= 0.6 is 0 Å². The largest absolute Gasteiger partial charge is 0.299 e. The average molecular weight is 341 g/mol. The Bertz CT molecular complexity index is 1030. The minimum Gasteiger partial charge on any atom is -0.299 e. The summed E-state index contributed by atoms with van der Waals surface area (Å²) in [4.78, 5) is 31.0. The van der Waals surface area contributed by atoms with E-state index in [2.05, 4.69) is 19.1 Å². The summed E-state index contributed by atoms with van der Waals surface area (Å²) in [5.74, 6) is -0.253. The standard InChI is InChI=1S/C23H19NO2/c1-13-7-2-3-8-14(13)19-20-17(11-6-12-18(20)25)24-22-15-9-4-5-10-16(15)23(26)21(19)22/h2-5,7-10,19-20H,6,11-12H2,1H3/t19-,20+/m0/s1. The monoisotopic (exact) mass is 341 g/mol. The van der Waals surface area contributed by atoms with Gasteiger partial charge in [-0.3, -0.25) is 14.6 Å². The number of hydrogen-bond donors (Lipinski definition) is 0. The lowest BCUT2D eigenvalue weighted by Crippen LogP contribution is -2.38. The number of fused-ring (bicyclic) bond motifs is 3. The van der Waals surface area contributed by atoms with Crippen molar-refractivity contribution < 1.29 is 9.59 Å². The van der Waals surface area contributed by atoms with Gasteiger partial charge in [0.25, 0.3) is 0 Å². The van der Waals surface area contributed by atoms with E-state index in [0.717, 1.165) is 40.9 Å². The van der Waals surface area contributed by atoms with Crippen LogP contribution in [0.1, 0.15) is 52.2 Å². The summed E-state index contributed by atoms with van der Waals surface area (Å²) in [6, 6.07) is 15.8. The molecule has 2 aliphatic carbocycles. The molecule has 128 valence electrons.